The van der Waals surface area contributed by atoms with Crippen LogP contribution in [-0.4, -0.2) is 10.9 Å². The molecule has 6 heteroatoms. The molecule has 0 spiro atoms. The monoisotopic (exact) mass is 294 g/mol. The molecular weight excluding hydrogens is 284 g/mol. The highest BCUT2D eigenvalue weighted by atomic mass is 35.5. The van der Waals surface area contributed by atoms with Gasteiger partial charge in [-0.3, -0.25) is 4.79 Å². The first-order chi connectivity index (χ1) is 9.15. The summed E-state index contributed by atoms with van der Waals surface area (Å²) in [5, 5.41) is 6.02. The molecule has 19 heavy (non-hydrogen) atoms. The van der Waals surface area contributed by atoms with Crippen molar-refractivity contribution in [3.63, 3.8) is 0 Å². The van der Waals surface area contributed by atoms with Gasteiger partial charge in [0.1, 0.15) is 5.76 Å². The maximum atomic E-state index is 11.8. The highest BCUT2D eigenvalue weighted by molar-refractivity contribution is 7.82. The van der Waals surface area contributed by atoms with E-state index in [4.69, 9.17) is 28.2 Å². The average Bonchev–Trinajstić information content (AvgIpc) is 2.89. The van der Waals surface area contributed by atoms with Crippen LogP contribution in [0.2, 0.25) is 5.02 Å². The van der Waals surface area contributed by atoms with Gasteiger partial charge in [0.15, 0.2) is 4.99 Å². The van der Waals surface area contributed by atoms with Crippen molar-refractivity contribution < 1.29 is 9.21 Å². The van der Waals surface area contributed by atoms with Gasteiger partial charge >= 0.3 is 0 Å². The van der Waals surface area contributed by atoms with E-state index >= 15 is 0 Å². The number of nitrogens with one attached hydrogen (secondary N) is 2. The lowest BCUT2D eigenvalue weighted by atomic mass is 10.3. The second kappa shape index (κ2) is 6.36. The van der Waals surface area contributed by atoms with Gasteiger partial charge in [0.2, 0.25) is 0 Å². The Morgan fingerprint density at radius 1 is 1.32 bits per heavy atom. The number of halogens is 1. The van der Waals surface area contributed by atoms with Crippen LogP contribution in [0.5, 0.6) is 0 Å². The molecule has 98 valence electrons. The highest BCUT2D eigenvalue weighted by Gasteiger charge is 2.09. The molecule has 2 N–H and O–H groups in total. The second-order valence-electron chi connectivity index (χ2n) is 3.73. The number of rotatable bonds is 3. The first-order valence-electron chi connectivity index (χ1n) is 5.52. The van der Waals surface area contributed by atoms with Crippen molar-refractivity contribution in [2.45, 2.75) is 6.54 Å². The first-order valence-corrected chi connectivity index (χ1v) is 6.31. The molecule has 0 aliphatic carbocycles. The Hall–Kier alpha value is -1.85. The molecule has 2 aromatic rings. The van der Waals surface area contributed by atoms with Gasteiger partial charge in [-0.05, 0) is 30.3 Å². The minimum absolute atomic E-state index is 0.0939. The van der Waals surface area contributed by atoms with Crippen molar-refractivity contribution in [1.82, 2.24) is 5.32 Å². The van der Waals surface area contributed by atoms with Crippen LogP contribution in [0.3, 0.4) is 0 Å². The van der Waals surface area contributed by atoms with Gasteiger partial charge in [0.05, 0.1) is 12.8 Å². The number of carbonyl (C=O) groups excluding carboxylic acids is 1. The van der Waals surface area contributed by atoms with Gasteiger partial charge in [0, 0.05) is 10.7 Å². The minimum atomic E-state index is -0.385. The predicted molar refractivity (Wildman–Crippen MR) is 78.2 cm³/mol. The number of thiocarbonyl (C=S) groups is 1. The first kappa shape index (κ1) is 13.6. The number of furan rings is 1. The lowest BCUT2D eigenvalue weighted by Crippen LogP contribution is -2.33. The number of hydrogen-bond acceptors (Lipinski definition) is 3. The normalized spacial score (nSPS) is 9.95. The number of anilines is 1. The third kappa shape index (κ3) is 4.08. The fourth-order valence-electron chi connectivity index (χ4n) is 1.41. The van der Waals surface area contributed by atoms with Gasteiger partial charge in [0.25, 0.3) is 5.91 Å². The molecular formula is C13H11ClN2O2S. The fraction of sp³-hybridized carbons (Fsp3) is 0.0769. The molecule has 1 heterocycles. The summed E-state index contributed by atoms with van der Waals surface area (Å²) < 4.78 is 5.13. The molecule has 2 rings (SSSR count). The van der Waals surface area contributed by atoms with Gasteiger partial charge in [-0.25, -0.2) is 0 Å². The molecule has 0 bridgehead atoms. The molecule has 1 aromatic carbocycles. The third-order valence-corrected chi connectivity index (χ3v) is 2.86. The van der Waals surface area contributed by atoms with Crippen LogP contribution < -0.4 is 10.6 Å². The van der Waals surface area contributed by atoms with E-state index in [-0.39, 0.29) is 10.9 Å². The van der Waals surface area contributed by atoms with Crippen molar-refractivity contribution in [1.29, 1.82) is 0 Å². The molecule has 0 fully saturated rings. The smallest absolute Gasteiger partial charge is 0.283 e. The average molecular weight is 295 g/mol. The number of carbonyl (C=O) groups is 1. The van der Waals surface area contributed by atoms with Crippen molar-refractivity contribution in [3.8, 4) is 0 Å². The summed E-state index contributed by atoms with van der Waals surface area (Å²) in [5.41, 5.74) is 0.597. The maximum absolute atomic E-state index is 11.8. The van der Waals surface area contributed by atoms with E-state index in [9.17, 15) is 4.79 Å². The zero-order valence-electron chi connectivity index (χ0n) is 9.85. The van der Waals surface area contributed by atoms with Crippen molar-refractivity contribution in [3.05, 3.63) is 53.4 Å². The van der Waals surface area contributed by atoms with Crippen LogP contribution >= 0.6 is 23.8 Å². The lowest BCUT2D eigenvalue weighted by Gasteiger charge is -2.08. The summed E-state index contributed by atoms with van der Waals surface area (Å²) in [6.07, 6.45) is 1.56. The Morgan fingerprint density at radius 3 is 2.84 bits per heavy atom. The topological polar surface area (TPSA) is 54.3 Å². The van der Waals surface area contributed by atoms with Crippen LogP contribution in [0.4, 0.5) is 5.69 Å². The van der Waals surface area contributed by atoms with Crippen molar-refractivity contribution in [2.75, 3.05) is 5.32 Å². The summed E-state index contributed by atoms with van der Waals surface area (Å²) in [6, 6.07) is 10.4. The Kier molecular flexibility index (Phi) is 4.54. The summed E-state index contributed by atoms with van der Waals surface area (Å²) in [6.45, 7) is 0.370. The zero-order valence-corrected chi connectivity index (χ0v) is 11.4. The summed E-state index contributed by atoms with van der Waals surface area (Å²) in [5.74, 6) is 0.321. The lowest BCUT2D eigenvalue weighted by molar-refractivity contribution is -0.110. The Morgan fingerprint density at radius 2 is 2.16 bits per heavy atom. The van der Waals surface area contributed by atoms with E-state index < -0.39 is 0 Å². The summed E-state index contributed by atoms with van der Waals surface area (Å²) >= 11 is 10.8. The standard InChI is InChI=1S/C13H11ClN2O2S/c14-9-3-1-4-10(7-9)16-12(17)13(19)15-8-11-5-2-6-18-11/h1-7H,8H2,(H,15,19)(H,16,17). The highest BCUT2D eigenvalue weighted by Crippen LogP contribution is 2.14. The third-order valence-electron chi connectivity index (χ3n) is 2.29. The molecule has 0 radical (unpaired) electrons. The van der Waals surface area contributed by atoms with Crippen molar-refractivity contribution in [2.24, 2.45) is 0 Å². The maximum Gasteiger partial charge on any atom is 0.283 e. The van der Waals surface area contributed by atoms with Gasteiger partial charge in [-0.1, -0.05) is 29.9 Å². The quantitative estimate of drug-likeness (QED) is 0.855. The fourth-order valence-corrected chi connectivity index (χ4v) is 1.73. The van der Waals surface area contributed by atoms with E-state index in [1.807, 2.05) is 0 Å². The van der Waals surface area contributed by atoms with E-state index in [0.29, 0.717) is 23.0 Å². The van der Waals surface area contributed by atoms with Gasteiger partial charge < -0.3 is 15.1 Å². The molecule has 0 aliphatic rings. The molecule has 0 saturated heterocycles. The van der Waals surface area contributed by atoms with Crippen LogP contribution in [0, 0.1) is 0 Å². The number of amides is 1. The number of benzene rings is 1. The zero-order chi connectivity index (χ0) is 13.7. The largest absolute Gasteiger partial charge is 0.467 e. The molecule has 0 saturated carbocycles. The van der Waals surface area contributed by atoms with Crippen LogP contribution in [0.1, 0.15) is 5.76 Å². The Bertz CT molecular complexity index is 584. The molecule has 1 aromatic heterocycles. The Balaban J connectivity index is 1.87. The predicted octanol–water partition coefficient (Wildman–Crippen LogP) is 2.99. The van der Waals surface area contributed by atoms with Crippen LogP contribution in [0.15, 0.2) is 47.1 Å². The van der Waals surface area contributed by atoms with Crippen molar-refractivity contribution >= 4 is 40.4 Å². The molecule has 0 aliphatic heterocycles. The van der Waals surface area contributed by atoms with E-state index in [1.54, 1.807) is 42.7 Å². The molecule has 4 nitrogen and oxygen atoms in total. The Labute approximate surface area is 120 Å². The van der Waals surface area contributed by atoms with Crippen LogP contribution in [0.25, 0.3) is 0 Å². The minimum Gasteiger partial charge on any atom is -0.467 e. The molecule has 0 unspecified atom stereocenters. The SMILES string of the molecule is O=C(Nc1cccc(Cl)c1)C(=S)NCc1ccco1. The van der Waals surface area contributed by atoms with E-state index in [2.05, 4.69) is 10.6 Å². The van der Waals surface area contributed by atoms with Crippen LogP contribution in [-0.2, 0) is 11.3 Å². The number of hydrogen-bond donors (Lipinski definition) is 2. The van der Waals surface area contributed by atoms with Gasteiger partial charge in [-0.2, -0.15) is 0 Å². The summed E-state index contributed by atoms with van der Waals surface area (Å²) in [4.78, 5) is 11.9. The molecule has 1 amide bonds. The van der Waals surface area contributed by atoms with E-state index in [1.165, 1.54) is 0 Å². The summed E-state index contributed by atoms with van der Waals surface area (Å²) in [7, 11) is 0. The molecule has 0 atom stereocenters. The second-order valence-corrected chi connectivity index (χ2v) is 4.57. The van der Waals surface area contributed by atoms with Gasteiger partial charge in [-0.15, -0.1) is 0 Å². The van der Waals surface area contributed by atoms with E-state index in [0.717, 1.165) is 0 Å².